The summed E-state index contributed by atoms with van der Waals surface area (Å²) in [7, 11) is -2.19. The molecule has 0 fully saturated rings. The molecule has 1 N–H and O–H groups in total. The molecule has 0 spiro atoms. The molecule has 2 aromatic rings. The van der Waals surface area contributed by atoms with Gasteiger partial charge in [0.15, 0.2) is 0 Å². The van der Waals surface area contributed by atoms with E-state index in [0.717, 1.165) is 21.9 Å². The lowest BCUT2D eigenvalue weighted by atomic mass is 10.0. The second-order valence-corrected chi connectivity index (χ2v) is 9.13. The largest absolute Gasteiger partial charge is 0.497 e. The Kier molecular flexibility index (Phi) is 8.11. The Morgan fingerprint density at radius 3 is 2.43 bits per heavy atom. The van der Waals surface area contributed by atoms with Crippen LogP contribution in [-0.4, -0.2) is 46.9 Å². The number of carbonyl (C=O) groups excluding carboxylic acids is 1. The van der Waals surface area contributed by atoms with Crippen LogP contribution in [-0.2, 0) is 14.8 Å². The zero-order chi connectivity index (χ0) is 22.3. The van der Waals surface area contributed by atoms with Gasteiger partial charge >= 0.3 is 0 Å². The molecule has 0 aliphatic rings. The maximum Gasteiger partial charge on any atom is 0.243 e. The van der Waals surface area contributed by atoms with E-state index in [9.17, 15) is 13.2 Å². The van der Waals surface area contributed by atoms with E-state index in [1.807, 2.05) is 24.3 Å². The van der Waals surface area contributed by atoms with Crippen LogP contribution in [0.15, 0.2) is 48.5 Å². The van der Waals surface area contributed by atoms with Crippen LogP contribution in [0.3, 0.4) is 0 Å². The molecule has 0 unspecified atom stereocenters. The van der Waals surface area contributed by atoms with Gasteiger partial charge in [0.25, 0.3) is 0 Å². The number of anilines is 1. The van der Waals surface area contributed by atoms with Crippen molar-refractivity contribution < 1.29 is 22.7 Å². The minimum Gasteiger partial charge on any atom is -0.497 e. The SMILES string of the molecule is COc1cccc(N([C@@H](C)C(=O)NCCOc2ccccc2C(C)C)S(C)(=O)=O)c1. The van der Waals surface area contributed by atoms with Gasteiger partial charge in [0.2, 0.25) is 15.9 Å². The lowest BCUT2D eigenvalue weighted by Gasteiger charge is -2.28. The van der Waals surface area contributed by atoms with E-state index in [1.165, 1.54) is 7.11 Å². The number of nitrogens with zero attached hydrogens (tertiary/aromatic N) is 1. The van der Waals surface area contributed by atoms with Gasteiger partial charge in [-0.3, -0.25) is 9.10 Å². The summed E-state index contributed by atoms with van der Waals surface area (Å²) < 4.78 is 36.8. The van der Waals surface area contributed by atoms with E-state index in [4.69, 9.17) is 9.47 Å². The first kappa shape index (κ1) is 23.5. The number of hydrogen-bond acceptors (Lipinski definition) is 5. The van der Waals surface area contributed by atoms with Crippen LogP contribution in [0, 0.1) is 0 Å². The van der Waals surface area contributed by atoms with Gasteiger partial charge in [-0.2, -0.15) is 0 Å². The summed E-state index contributed by atoms with van der Waals surface area (Å²) in [5.74, 6) is 1.20. The van der Waals surface area contributed by atoms with Crippen molar-refractivity contribution in [2.24, 2.45) is 0 Å². The van der Waals surface area contributed by atoms with Crippen molar-refractivity contribution >= 4 is 21.6 Å². The van der Waals surface area contributed by atoms with Gasteiger partial charge in [0.1, 0.15) is 24.1 Å². The van der Waals surface area contributed by atoms with Crippen molar-refractivity contribution in [3.05, 3.63) is 54.1 Å². The van der Waals surface area contributed by atoms with Crippen LogP contribution >= 0.6 is 0 Å². The number of nitrogens with one attached hydrogen (secondary N) is 1. The predicted molar refractivity (Wildman–Crippen MR) is 119 cm³/mol. The van der Waals surface area contributed by atoms with E-state index in [-0.39, 0.29) is 13.2 Å². The number of amides is 1. The third-order valence-electron chi connectivity index (χ3n) is 4.60. The second kappa shape index (κ2) is 10.3. The fourth-order valence-electron chi connectivity index (χ4n) is 3.13. The third kappa shape index (κ3) is 6.13. The molecule has 8 heteroatoms. The standard InChI is InChI=1S/C22H30N2O5S/c1-16(2)20-11-6-7-12-21(20)29-14-13-23-22(25)17(3)24(30(5,26)27)18-9-8-10-19(15-18)28-4/h6-12,15-17H,13-14H2,1-5H3,(H,23,25)/t17-/m0/s1. The average molecular weight is 435 g/mol. The van der Waals surface area contributed by atoms with E-state index in [1.54, 1.807) is 31.2 Å². The van der Waals surface area contributed by atoms with Gasteiger partial charge in [0.05, 0.1) is 25.6 Å². The molecule has 0 aliphatic carbocycles. The maximum atomic E-state index is 12.6. The van der Waals surface area contributed by atoms with Gasteiger partial charge in [-0.05, 0) is 36.6 Å². The number of methoxy groups -OCH3 is 1. The molecule has 0 saturated carbocycles. The van der Waals surface area contributed by atoms with Gasteiger partial charge in [-0.25, -0.2) is 8.42 Å². The fourth-order valence-corrected chi connectivity index (χ4v) is 4.29. The number of benzene rings is 2. The molecule has 1 amide bonds. The van der Waals surface area contributed by atoms with Crippen molar-refractivity contribution in [2.75, 3.05) is 30.8 Å². The molecule has 30 heavy (non-hydrogen) atoms. The van der Waals surface area contributed by atoms with Gasteiger partial charge in [0, 0.05) is 6.07 Å². The number of para-hydroxylation sites is 1. The van der Waals surface area contributed by atoms with Crippen molar-refractivity contribution in [2.45, 2.75) is 32.7 Å². The lowest BCUT2D eigenvalue weighted by Crippen LogP contribution is -2.48. The fraction of sp³-hybridized carbons (Fsp3) is 0.409. The summed E-state index contributed by atoms with van der Waals surface area (Å²) in [6, 6.07) is 13.4. The van der Waals surface area contributed by atoms with Crippen molar-refractivity contribution in [1.82, 2.24) is 5.32 Å². The normalized spacial score (nSPS) is 12.3. The smallest absolute Gasteiger partial charge is 0.243 e. The molecule has 2 rings (SSSR count). The molecule has 0 bridgehead atoms. The molecule has 0 radical (unpaired) electrons. The number of rotatable bonds is 10. The summed E-state index contributed by atoms with van der Waals surface area (Å²) in [5, 5.41) is 2.75. The van der Waals surface area contributed by atoms with Gasteiger partial charge in [-0.15, -0.1) is 0 Å². The Labute approximate surface area is 179 Å². The number of sulfonamides is 1. The molecule has 1 atom stereocenters. The Bertz CT molecular complexity index is 960. The molecular weight excluding hydrogens is 404 g/mol. The Hall–Kier alpha value is -2.74. The first-order valence-corrected chi connectivity index (χ1v) is 11.6. The third-order valence-corrected chi connectivity index (χ3v) is 5.84. The van der Waals surface area contributed by atoms with Crippen LogP contribution in [0.1, 0.15) is 32.3 Å². The van der Waals surface area contributed by atoms with E-state index in [2.05, 4.69) is 19.2 Å². The summed E-state index contributed by atoms with van der Waals surface area (Å²) in [6.45, 7) is 6.25. The zero-order valence-corrected chi connectivity index (χ0v) is 18.9. The minimum absolute atomic E-state index is 0.255. The van der Waals surface area contributed by atoms with Crippen molar-refractivity contribution in [3.8, 4) is 11.5 Å². The van der Waals surface area contributed by atoms with Crippen LogP contribution in [0.5, 0.6) is 11.5 Å². The second-order valence-electron chi connectivity index (χ2n) is 7.27. The average Bonchev–Trinajstić information content (AvgIpc) is 2.70. The lowest BCUT2D eigenvalue weighted by molar-refractivity contribution is -0.121. The Morgan fingerprint density at radius 1 is 1.10 bits per heavy atom. The highest BCUT2D eigenvalue weighted by atomic mass is 32.2. The number of carbonyl (C=O) groups is 1. The van der Waals surface area contributed by atoms with Crippen LogP contribution < -0.4 is 19.1 Å². The summed E-state index contributed by atoms with van der Waals surface area (Å²) in [5.41, 5.74) is 1.46. The van der Waals surface area contributed by atoms with E-state index in [0.29, 0.717) is 17.4 Å². The molecular formula is C22H30N2O5S. The van der Waals surface area contributed by atoms with Gasteiger partial charge < -0.3 is 14.8 Å². The topological polar surface area (TPSA) is 84.9 Å². The van der Waals surface area contributed by atoms with Crippen molar-refractivity contribution in [1.29, 1.82) is 0 Å². The zero-order valence-electron chi connectivity index (χ0n) is 18.1. The van der Waals surface area contributed by atoms with Crippen molar-refractivity contribution in [3.63, 3.8) is 0 Å². The van der Waals surface area contributed by atoms with Gasteiger partial charge in [-0.1, -0.05) is 38.1 Å². The summed E-state index contributed by atoms with van der Waals surface area (Å²) in [4.78, 5) is 12.6. The minimum atomic E-state index is -3.69. The maximum absolute atomic E-state index is 12.6. The molecule has 0 aliphatic heterocycles. The molecule has 2 aromatic carbocycles. The summed E-state index contributed by atoms with van der Waals surface area (Å²) in [6.07, 6.45) is 1.07. The molecule has 0 heterocycles. The highest BCUT2D eigenvalue weighted by Crippen LogP contribution is 2.26. The van der Waals surface area contributed by atoms with Crippen LogP contribution in [0.25, 0.3) is 0 Å². The Balaban J connectivity index is 2.02. The molecule has 0 saturated heterocycles. The van der Waals surface area contributed by atoms with Crippen LogP contribution in [0.4, 0.5) is 5.69 Å². The summed E-state index contributed by atoms with van der Waals surface area (Å²) >= 11 is 0. The van der Waals surface area contributed by atoms with E-state index >= 15 is 0 Å². The predicted octanol–water partition coefficient (Wildman–Crippen LogP) is 3.17. The first-order chi connectivity index (χ1) is 14.1. The Morgan fingerprint density at radius 2 is 1.80 bits per heavy atom. The molecule has 7 nitrogen and oxygen atoms in total. The number of ether oxygens (including phenoxy) is 2. The quantitative estimate of drug-likeness (QED) is 0.581. The molecule has 0 aromatic heterocycles. The molecule has 164 valence electrons. The highest BCUT2D eigenvalue weighted by molar-refractivity contribution is 7.92. The highest BCUT2D eigenvalue weighted by Gasteiger charge is 2.29. The number of hydrogen-bond donors (Lipinski definition) is 1. The monoisotopic (exact) mass is 434 g/mol. The first-order valence-electron chi connectivity index (χ1n) is 9.78. The van der Waals surface area contributed by atoms with Crippen LogP contribution in [0.2, 0.25) is 0 Å². The van der Waals surface area contributed by atoms with E-state index < -0.39 is 22.0 Å².